The Hall–Kier alpha value is -0.130. The van der Waals surface area contributed by atoms with Crippen LogP contribution in [0.4, 0.5) is 0 Å². The lowest BCUT2D eigenvalue weighted by Crippen LogP contribution is -2.12. The fourth-order valence-electron chi connectivity index (χ4n) is 1.14. The molecular weight excluding hydrogens is 283 g/mol. The summed E-state index contributed by atoms with van der Waals surface area (Å²) in [7, 11) is 0. The highest BCUT2D eigenvalue weighted by molar-refractivity contribution is 7.20. The minimum Gasteiger partial charge on any atom is -0.379 e. The standard InChI is InChI=1S/C11H14Cl2O3S/c1-2-3-15-4-5-16-7-9(14)8-6-10(12)17-11(8)13/h6H,2-5,7H2,1H3. The van der Waals surface area contributed by atoms with Crippen LogP contribution in [-0.4, -0.2) is 32.2 Å². The van der Waals surface area contributed by atoms with E-state index in [-0.39, 0.29) is 12.4 Å². The van der Waals surface area contributed by atoms with Crippen LogP contribution in [0.3, 0.4) is 0 Å². The molecule has 1 aromatic rings. The Morgan fingerprint density at radius 1 is 1.29 bits per heavy atom. The van der Waals surface area contributed by atoms with Gasteiger partial charge in [-0.05, 0) is 12.5 Å². The van der Waals surface area contributed by atoms with E-state index in [2.05, 4.69) is 0 Å². The molecule has 0 aliphatic carbocycles. The molecular formula is C11H14Cl2O3S. The Morgan fingerprint density at radius 2 is 2.00 bits per heavy atom. The Morgan fingerprint density at radius 3 is 2.59 bits per heavy atom. The predicted molar refractivity (Wildman–Crippen MR) is 70.6 cm³/mol. The van der Waals surface area contributed by atoms with Gasteiger partial charge in [-0.25, -0.2) is 0 Å². The molecule has 0 atom stereocenters. The van der Waals surface area contributed by atoms with Gasteiger partial charge >= 0.3 is 0 Å². The van der Waals surface area contributed by atoms with Gasteiger partial charge in [0.1, 0.15) is 10.9 Å². The molecule has 17 heavy (non-hydrogen) atoms. The van der Waals surface area contributed by atoms with Crippen LogP contribution in [0, 0.1) is 0 Å². The van der Waals surface area contributed by atoms with Crippen LogP contribution in [0.15, 0.2) is 6.07 Å². The SMILES string of the molecule is CCCOCCOCC(=O)c1cc(Cl)sc1Cl. The lowest BCUT2D eigenvalue weighted by Gasteiger charge is -2.03. The number of halogens is 2. The molecule has 0 saturated carbocycles. The third kappa shape index (κ3) is 5.36. The van der Waals surface area contributed by atoms with Gasteiger partial charge in [0, 0.05) is 6.61 Å². The summed E-state index contributed by atoms with van der Waals surface area (Å²) in [4.78, 5) is 11.7. The van der Waals surface area contributed by atoms with Crippen LogP contribution in [0.2, 0.25) is 8.67 Å². The average Bonchev–Trinajstić information content (AvgIpc) is 2.62. The maximum Gasteiger partial charge on any atom is 0.190 e. The number of rotatable bonds is 8. The van der Waals surface area contributed by atoms with Crippen LogP contribution in [-0.2, 0) is 9.47 Å². The Balaban J connectivity index is 2.23. The zero-order valence-electron chi connectivity index (χ0n) is 9.50. The summed E-state index contributed by atoms with van der Waals surface area (Å²) in [6, 6.07) is 1.56. The second-order valence-corrected chi connectivity index (χ2v) is 5.61. The van der Waals surface area contributed by atoms with Crippen molar-refractivity contribution in [2.75, 3.05) is 26.4 Å². The molecule has 0 fully saturated rings. The van der Waals surface area contributed by atoms with Crippen molar-refractivity contribution in [2.24, 2.45) is 0 Å². The fourth-order valence-corrected chi connectivity index (χ4v) is 2.64. The normalized spacial score (nSPS) is 10.8. The van der Waals surface area contributed by atoms with E-state index in [1.54, 1.807) is 6.07 Å². The third-order valence-electron chi connectivity index (χ3n) is 1.91. The van der Waals surface area contributed by atoms with E-state index >= 15 is 0 Å². The predicted octanol–water partition coefficient (Wildman–Crippen LogP) is 3.68. The van der Waals surface area contributed by atoms with Crippen LogP contribution < -0.4 is 0 Å². The van der Waals surface area contributed by atoms with Gasteiger partial charge in [-0.2, -0.15) is 0 Å². The molecule has 96 valence electrons. The van der Waals surface area contributed by atoms with Gasteiger partial charge < -0.3 is 9.47 Å². The second kappa shape index (κ2) is 8.06. The van der Waals surface area contributed by atoms with E-state index in [4.69, 9.17) is 32.7 Å². The van der Waals surface area contributed by atoms with Crippen molar-refractivity contribution in [1.29, 1.82) is 0 Å². The zero-order chi connectivity index (χ0) is 12.7. The molecule has 0 aliphatic heterocycles. The lowest BCUT2D eigenvalue weighted by molar-refractivity contribution is 0.0442. The number of ketones is 1. The number of thiophene rings is 1. The summed E-state index contributed by atoms with van der Waals surface area (Å²) >= 11 is 12.8. The van der Waals surface area contributed by atoms with E-state index in [0.29, 0.717) is 34.1 Å². The molecule has 1 heterocycles. The smallest absolute Gasteiger partial charge is 0.190 e. The molecule has 0 amide bonds. The molecule has 0 aromatic carbocycles. The van der Waals surface area contributed by atoms with Crippen molar-refractivity contribution in [3.63, 3.8) is 0 Å². The summed E-state index contributed by atoms with van der Waals surface area (Å²) in [6.45, 7) is 3.65. The number of hydrogen-bond donors (Lipinski definition) is 0. The molecule has 0 radical (unpaired) electrons. The van der Waals surface area contributed by atoms with E-state index < -0.39 is 0 Å². The van der Waals surface area contributed by atoms with Gasteiger partial charge in [0.15, 0.2) is 5.78 Å². The van der Waals surface area contributed by atoms with Crippen molar-refractivity contribution in [3.05, 3.63) is 20.3 Å². The van der Waals surface area contributed by atoms with Gasteiger partial charge in [0.25, 0.3) is 0 Å². The first kappa shape index (κ1) is 14.9. The molecule has 0 aliphatic rings. The van der Waals surface area contributed by atoms with E-state index in [1.807, 2.05) is 6.92 Å². The number of carbonyl (C=O) groups excluding carboxylic acids is 1. The molecule has 0 bridgehead atoms. The van der Waals surface area contributed by atoms with Gasteiger partial charge in [-0.1, -0.05) is 30.1 Å². The first-order valence-electron chi connectivity index (χ1n) is 5.28. The van der Waals surface area contributed by atoms with Crippen LogP contribution in [0.1, 0.15) is 23.7 Å². The van der Waals surface area contributed by atoms with Crippen LogP contribution >= 0.6 is 34.5 Å². The summed E-state index contributed by atoms with van der Waals surface area (Å²) in [5.41, 5.74) is 0.427. The Bertz CT molecular complexity index is 366. The van der Waals surface area contributed by atoms with E-state index in [0.717, 1.165) is 6.42 Å². The summed E-state index contributed by atoms with van der Waals surface area (Å²) in [5.74, 6) is -0.159. The topological polar surface area (TPSA) is 35.5 Å². The van der Waals surface area contributed by atoms with Crippen molar-refractivity contribution in [3.8, 4) is 0 Å². The molecule has 1 aromatic heterocycles. The Labute approximate surface area is 115 Å². The molecule has 0 N–H and O–H groups in total. The molecule has 1 rings (SSSR count). The fraction of sp³-hybridized carbons (Fsp3) is 0.545. The average molecular weight is 297 g/mol. The zero-order valence-corrected chi connectivity index (χ0v) is 11.8. The first-order valence-corrected chi connectivity index (χ1v) is 6.86. The first-order chi connectivity index (χ1) is 8.15. The van der Waals surface area contributed by atoms with Gasteiger partial charge in [0.2, 0.25) is 0 Å². The lowest BCUT2D eigenvalue weighted by atomic mass is 10.2. The minimum atomic E-state index is -0.159. The quantitative estimate of drug-likeness (QED) is 0.542. The maximum atomic E-state index is 11.7. The second-order valence-electron chi connectivity index (χ2n) is 3.33. The van der Waals surface area contributed by atoms with Crippen LogP contribution in [0.5, 0.6) is 0 Å². The molecule has 3 nitrogen and oxygen atoms in total. The summed E-state index contributed by atoms with van der Waals surface area (Å²) < 4.78 is 11.3. The van der Waals surface area contributed by atoms with E-state index in [1.165, 1.54) is 11.3 Å². The molecule has 0 unspecified atom stereocenters. The highest BCUT2D eigenvalue weighted by atomic mass is 35.5. The van der Waals surface area contributed by atoms with Gasteiger partial charge in [-0.15, -0.1) is 11.3 Å². The Kier molecular flexibility index (Phi) is 7.08. The molecule has 6 heteroatoms. The van der Waals surface area contributed by atoms with Crippen molar-refractivity contribution >= 4 is 40.3 Å². The molecule has 0 saturated heterocycles. The molecule has 0 spiro atoms. The largest absolute Gasteiger partial charge is 0.379 e. The number of carbonyl (C=O) groups is 1. The third-order valence-corrected chi connectivity index (χ3v) is 3.40. The minimum absolute atomic E-state index is 0.00225. The van der Waals surface area contributed by atoms with Crippen molar-refractivity contribution < 1.29 is 14.3 Å². The van der Waals surface area contributed by atoms with E-state index in [9.17, 15) is 4.79 Å². The summed E-state index contributed by atoms with van der Waals surface area (Å²) in [5, 5.41) is 0. The monoisotopic (exact) mass is 296 g/mol. The van der Waals surface area contributed by atoms with Crippen molar-refractivity contribution in [1.82, 2.24) is 0 Å². The van der Waals surface area contributed by atoms with Crippen molar-refractivity contribution in [2.45, 2.75) is 13.3 Å². The highest BCUT2D eigenvalue weighted by Gasteiger charge is 2.13. The number of ether oxygens (including phenoxy) is 2. The van der Waals surface area contributed by atoms with Crippen LogP contribution in [0.25, 0.3) is 0 Å². The van der Waals surface area contributed by atoms with Gasteiger partial charge in [-0.3, -0.25) is 4.79 Å². The number of hydrogen-bond acceptors (Lipinski definition) is 4. The highest BCUT2D eigenvalue weighted by Crippen LogP contribution is 2.31. The number of Topliss-reactive ketones (excluding diaryl/α,β-unsaturated/α-hetero) is 1. The summed E-state index contributed by atoms with van der Waals surface area (Å²) in [6.07, 6.45) is 0.974. The van der Waals surface area contributed by atoms with Gasteiger partial charge in [0.05, 0.1) is 23.1 Å². The maximum absolute atomic E-state index is 11.7.